The maximum absolute atomic E-state index is 14.1. The summed E-state index contributed by atoms with van der Waals surface area (Å²) in [6.45, 7) is 11.7. The van der Waals surface area contributed by atoms with Crippen LogP contribution in [0.5, 0.6) is 5.75 Å². The van der Waals surface area contributed by atoms with Crippen molar-refractivity contribution in [2.75, 3.05) is 24.0 Å². The van der Waals surface area contributed by atoms with E-state index in [9.17, 15) is 18.0 Å². The smallest absolute Gasteiger partial charge is 0.264 e. The molecule has 41 heavy (non-hydrogen) atoms. The summed E-state index contributed by atoms with van der Waals surface area (Å²) in [6, 6.07) is 20.1. The Balaban J connectivity index is 2.06. The van der Waals surface area contributed by atoms with Gasteiger partial charge in [0, 0.05) is 13.1 Å². The van der Waals surface area contributed by atoms with Gasteiger partial charge in [0.2, 0.25) is 11.8 Å². The maximum atomic E-state index is 14.1. The molecular weight excluding hydrogens is 538 g/mol. The van der Waals surface area contributed by atoms with Crippen LogP contribution in [0.25, 0.3) is 0 Å². The van der Waals surface area contributed by atoms with Crippen LogP contribution in [0.1, 0.15) is 44.4 Å². The molecule has 0 radical (unpaired) electrons. The Morgan fingerprint density at radius 2 is 1.46 bits per heavy atom. The highest BCUT2D eigenvalue weighted by Gasteiger charge is 2.33. The Hall–Kier alpha value is -3.85. The van der Waals surface area contributed by atoms with E-state index in [-0.39, 0.29) is 29.0 Å². The molecule has 0 aliphatic rings. The molecule has 0 aliphatic heterocycles. The van der Waals surface area contributed by atoms with E-state index in [1.54, 1.807) is 43.3 Å². The first-order chi connectivity index (χ1) is 19.4. The highest BCUT2D eigenvalue weighted by molar-refractivity contribution is 7.92. The standard InChI is InChI=1S/C32H41N3O5S/c1-7-40-30-11-9-8-10-29(30)35(41(38,39)28-18-14-25(5)15-19-28)22-31(36)34(21-27-16-12-24(4)13-17-27)26(6)32(37)33-20-23(2)3/h8-19,23,26H,7,20-22H2,1-6H3,(H,33,37)/t26-/m1/s1. The minimum atomic E-state index is -4.18. The molecule has 0 unspecified atom stereocenters. The van der Waals surface area contributed by atoms with Crippen LogP contribution in [0.4, 0.5) is 5.69 Å². The van der Waals surface area contributed by atoms with Crippen molar-refractivity contribution in [2.45, 2.75) is 59.0 Å². The Morgan fingerprint density at radius 3 is 2.05 bits per heavy atom. The van der Waals surface area contributed by atoms with Crippen LogP contribution < -0.4 is 14.4 Å². The molecule has 220 valence electrons. The molecule has 3 aromatic rings. The van der Waals surface area contributed by atoms with Crippen LogP contribution in [0.15, 0.2) is 77.7 Å². The third-order valence-corrected chi connectivity index (χ3v) is 8.42. The number of rotatable bonds is 13. The lowest BCUT2D eigenvalue weighted by atomic mass is 10.1. The average molecular weight is 580 g/mol. The number of benzene rings is 3. The predicted octanol–water partition coefficient (Wildman–Crippen LogP) is 5.09. The van der Waals surface area contributed by atoms with E-state index in [1.807, 2.05) is 58.9 Å². The van der Waals surface area contributed by atoms with Gasteiger partial charge in [0.05, 0.1) is 17.2 Å². The van der Waals surface area contributed by atoms with E-state index < -0.39 is 28.5 Å². The number of anilines is 1. The Kier molecular flexibility index (Phi) is 10.9. The summed E-state index contributed by atoms with van der Waals surface area (Å²) < 4.78 is 34.9. The van der Waals surface area contributed by atoms with Crippen LogP contribution >= 0.6 is 0 Å². The average Bonchev–Trinajstić information content (AvgIpc) is 2.94. The first kappa shape index (κ1) is 31.7. The number of para-hydroxylation sites is 2. The number of carbonyl (C=O) groups excluding carboxylic acids is 2. The van der Waals surface area contributed by atoms with Crippen LogP contribution in [0, 0.1) is 19.8 Å². The first-order valence-electron chi connectivity index (χ1n) is 13.9. The molecule has 0 aliphatic carbocycles. The molecule has 0 fully saturated rings. The fourth-order valence-electron chi connectivity index (χ4n) is 4.22. The van der Waals surface area contributed by atoms with E-state index in [0.717, 1.165) is 21.0 Å². The van der Waals surface area contributed by atoms with Crippen molar-refractivity contribution in [2.24, 2.45) is 5.92 Å². The highest BCUT2D eigenvalue weighted by Crippen LogP contribution is 2.33. The van der Waals surface area contributed by atoms with Crippen LogP contribution in [-0.2, 0) is 26.2 Å². The van der Waals surface area contributed by atoms with E-state index in [4.69, 9.17) is 4.74 Å². The van der Waals surface area contributed by atoms with Crippen molar-refractivity contribution in [3.8, 4) is 5.75 Å². The Bertz CT molecular complexity index is 1420. The predicted molar refractivity (Wildman–Crippen MR) is 162 cm³/mol. The minimum Gasteiger partial charge on any atom is -0.492 e. The molecule has 0 saturated heterocycles. The largest absolute Gasteiger partial charge is 0.492 e. The molecule has 0 bridgehead atoms. The van der Waals surface area contributed by atoms with Crippen LogP contribution in [-0.4, -0.2) is 50.9 Å². The molecule has 0 saturated carbocycles. The number of hydrogen-bond donors (Lipinski definition) is 1. The van der Waals surface area contributed by atoms with Crippen molar-refractivity contribution < 1.29 is 22.7 Å². The molecule has 2 amide bonds. The quantitative estimate of drug-likeness (QED) is 0.305. The van der Waals surface area contributed by atoms with Crippen molar-refractivity contribution in [3.63, 3.8) is 0 Å². The van der Waals surface area contributed by atoms with Gasteiger partial charge < -0.3 is 15.0 Å². The van der Waals surface area contributed by atoms with E-state index in [0.29, 0.717) is 18.9 Å². The summed E-state index contributed by atoms with van der Waals surface area (Å²) >= 11 is 0. The number of sulfonamides is 1. The lowest BCUT2D eigenvalue weighted by molar-refractivity contribution is -0.139. The summed E-state index contributed by atoms with van der Waals surface area (Å²) in [4.78, 5) is 28.7. The SMILES string of the molecule is CCOc1ccccc1N(CC(=O)N(Cc1ccc(C)cc1)[C@H](C)C(=O)NCC(C)C)S(=O)(=O)c1ccc(C)cc1. The summed E-state index contributed by atoms with van der Waals surface area (Å²) in [5, 5.41) is 2.90. The summed E-state index contributed by atoms with van der Waals surface area (Å²) in [6.07, 6.45) is 0. The second kappa shape index (κ2) is 14.2. The lowest BCUT2D eigenvalue weighted by Crippen LogP contribution is -2.51. The fraction of sp³-hybridized carbons (Fsp3) is 0.375. The van der Waals surface area contributed by atoms with Gasteiger partial charge >= 0.3 is 0 Å². The Labute approximate surface area is 244 Å². The van der Waals surface area contributed by atoms with Gasteiger partial charge in [-0.25, -0.2) is 8.42 Å². The maximum Gasteiger partial charge on any atom is 0.264 e. The Morgan fingerprint density at radius 1 is 0.878 bits per heavy atom. The topological polar surface area (TPSA) is 96.0 Å². The number of aryl methyl sites for hydroxylation is 2. The van der Waals surface area contributed by atoms with E-state index >= 15 is 0 Å². The van der Waals surface area contributed by atoms with Crippen molar-refractivity contribution in [1.29, 1.82) is 0 Å². The minimum absolute atomic E-state index is 0.0509. The van der Waals surface area contributed by atoms with Gasteiger partial charge in [-0.3, -0.25) is 13.9 Å². The number of nitrogens with zero attached hydrogens (tertiary/aromatic N) is 2. The van der Waals surface area contributed by atoms with Gasteiger partial charge in [-0.15, -0.1) is 0 Å². The number of nitrogens with one attached hydrogen (secondary N) is 1. The zero-order valence-corrected chi connectivity index (χ0v) is 25.6. The number of ether oxygens (including phenoxy) is 1. The summed E-state index contributed by atoms with van der Waals surface area (Å²) in [7, 11) is -4.18. The molecule has 9 heteroatoms. The molecule has 1 atom stereocenters. The monoisotopic (exact) mass is 579 g/mol. The van der Waals surface area contributed by atoms with Gasteiger partial charge in [-0.05, 0) is 63.4 Å². The molecule has 0 heterocycles. The third kappa shape index (κ3) is 8.33. The molecule has 3 aromatic carbocycles. The number of amides is 2. The van der Waals surface area contributed by atoms with E-state index in [1.165, 1.54) is 17.0 Å². The van der Waals surface area contributed by atoms with Crippen molar-refractivity contribution >= 4 is 27.5 Å². The van der Waals surface area contributed by atoms with Crippen molar-refractivity contribution in [1.82, 2.24) is 10.2 Å². The normalized spacial score (nSPS) is 12.1. The van der Waals surface area contributed by atoms with E-state index in [2.05, 4.69) is 5.32 Å². The first-order valence-corrected chi connectivity index (χ1v) is 15.3. The summed E-state index contributed by atoms with van der Waals surface area (Å²) in [5.41, 5.74) is 3.05. The highest BCUT2D eigenvalue weighted by atomic mass is 32.2. The van der Waals surface area contributed by atoms with Crippen LogP contribution in [0.3, 0.4) is 0 Å². The third-order valence-electron chi connectivity index (χ3n) is 6.65. The van der Waals surface area contributed by atoms with Gasteiger partial charge in [0.15, 0.2) is 0 Å². The molecule has 1 N–H and O–H groups in total. The second-order valence-corrected chi connectivity index (χ2v) is 12.4. The lowest BCUT2D eigenvalue weighted by Gasteiger charge is -2.32. The summed E-state index contributed by atoms with van der Waals surface area (Å²) in [5.74, 6) is -0.245. The van der Waals surface area contributed by atoms with Gasteiger partial charge in [0.1, 0.15) is 18.3 Å². The van der Waals surface area contributed by atoms with Gasteiger partial charge in [0.25, 0.3) is 10.0 Å². The molecule has 3 rings (SSSR count). The van der Waals surface area contributed by atoms with Gasteiger partial charge in [-0.1, -0.05) is 73.5 Å². The molecular formula is C32H41N3O5S. The zero-order chi connectivity index (χ0) is 30.2. The van der Waals surface area contributed by atoms with Gasteiger partial charge in [-0.2, -0.15) is 0 Å². The number of hydrogen-bond acceptors (Lipinski definition) is 5. The molecule has 0 spiro atoms. The second-order valence-electron chi connectivity index (χ2n) is 10.5. The number of carbonyl (C=O) groups is 2. The zero-order valence-electron chi connectivity index (χ0n) is 24.8. The fourth-order valence-corrected chi connectivity index (χ4v) is 5.64. The molecule has 8 nitrogen and oxygen atoms in total. The van der Waals surface area contributed by atoms with Crippen molar-refractivity contribution in [3.05, 3.63) is 89.5 Å². The molecule has 0 aromatic heterocycles. The van der Waals surface area contributed by atoms with Crippen LogP contribution in [0.2, 0.25) is 0 Å².